The van der Waals surface area contributed by atoms with Gasteiger partial charge in [-0.15, -0.1) is 0 Å². The highest BCUT2D eigenvalue weighted by molar-refractivity contribution is 7.91. The number of likely N-dealkylation sites (tertiary alicyclic amines) is 1. The second-order valence-corrected chi connectivity index (χ2v) is 18.8. The van der Waals surface area contributed by atoms with E-state index in [1.165, 1.54) is 9.80 Å². The van der Waals surface area contributed by atoms with Gasteiger partial charge in [0.05, 0.1) is 23.9 Å². The molecule has 0 radical (unpaired) electrons. The van der Waals surface area contributed by atoms with Gasteiger partial charge in [-0.05, 0) is 84.7 Å². The highest BCUT2D eigenvalue weighted by Gasteiger charge is 2.67. The Kier molecular flexibility index (Phi) is 9.83. The van der Waals surface area contributed by atoms with Crippen molar-refractivity contribution in [2.24, 2.45) is 17.3 Å². The summed E-state index contributed by atoms with van der Waals surface area (Å²) in [6, 6.07) is 4.96. The van der Waals surface area contributed by atoms with Crippen LogP contribution in [0.5, 0.6) is 0 Å². The lowest BCUT2D eigenvalue weighted by Gasteiger charge is -2.36. The molecule has 0 unspecified atom stereocenters. The summed E-state index contributed by atoms with van der Waals surface area (Å²) in [5, 5.41) is 5.40. The third-order valence-electron chi connectivity index (χ3n) is 11.2. The zero-order chi connectivity index (χ0) is 39.8. The number of rotatable bonds is 10. The molecule has 5 atom stereocenters. The molecule has 12 nitrogen and oxygen atoms in total. The second-order valence-electron chi connectivity index (χ2n) is 16.4. The van der Waals surface area contributed by atoms with Crippen molar-refractivity contribution >= 4 is 51.1 Å². The van der Waals surface area contributed by atoms with E-state index in [2.05, 4.69) is 15.4 Å². The molecule has 7 rings (SSSR count). The molecule has 0 bridgehead atoms. The van der Waals surface area contributed by atoms with Crippen LogP contribution in [0.2, 0.25) is 5.02 Å². The van der Waals surface area contributed by atoms with Gasteiger partial charge in [-0.2, -0.15) is 13.2 Å². The fourth-order valence-corrected chi connectivity index (χ4v) is 9.34. The van der Waals surface area contributed by atoms with E-state index >= 15 is 0 Å². The number of anilines is 1. The Hall–Kier alpha value is -4.12. The topological polar surface area (TPSA) is 154 Å². The number of fused-ring (bicyclic) bond motifs is 1. The van der Waals surface area contributed by atoms with E-state index in [9.17, 15) is 45.2 Å². The number of nitrogens with one attached hydrogen (secondary N) is 3. The van der Waals surface area contributed by atoms with Gasteiger partial charge in [-0.1, -0.05) is 44.5 Å². The first-order chi connectivity index (χ1) is 25.7. The van der Waals surface area contributed by atoms with Gasteiger partial charge >= 0.3 is 12.3 Å². The number of hydrogen-bond donors (Lipinski definition) is 3. The van der Waals surface area contributed by atoms with Crippen molar-refractivity contribution in [1.82, 2.24) is 19.8 Å². The largest absolute Gasteiger partial charge is 0.444 e. The fourth-order valence-electron chi connectivity index (χ4n) is 7.72. The Labute approximate surface area is 320 Å². The normalized spacial score (nSPS) is 25.6. The van der Waals surface area contributed by atoms with Crippen LogP contribution in [-0.2, 0) is 48.4 Å². The van der Waals surface area contributed by atoms with E-state index < -0.39 is 85.8 Å². The van der Waals surface area contributed by atoms with Crippen LogP contribution < -0.4 is 15.4 Å². The maximum absolute atomic E-state index is 14.6. The number of carbonyl (C=O) groups is 4. The summed E-state index contributed by atoms with van der Waals surface area (Å²) in [6.45, 7) is 5.06. The first-order valence-corrected chi connectivity index (χ1v) is 20.1. The Bertz CT molecular complexity index is 2040. The standard InChI is InChI=1S/C37H42ClF4N5O7S/c1-35(2,3)30(43-21-9-12-28(39)25(13-21)37(40,41)42)32(49)47-17-22(54-34(51)46-16-20-5-4-6-27(38)24(20)18-46)14-29(47)31(48)44-36(15-26(36)19-7-8-19)33(50)45-55(52,53)23-10-11-23/h4-6,9,12-13,19,22-23,26,29-30,43H,7-8,10-11,14-18H2,1-3H3,(H,44,48)(H,45,50)/t22-,26+,29+,30-,36-/m1/s1. The zero-order valence-corrected chi connectivity index (χ0v) is 31.9. The summed E-state index contributed by atoms with van der Waals surface area (Å²) in [7, 11) is -3.95. The Morgan fingerprint density at radius 1 is 1.02 bits per heavy atom. The van der Waals surface area contributed by atoms with E-state index in [-0.39, 0.29) is 50.0 Å². The third kappa shape index (κ3) is 7.96. The Morgan fingerprint density at radius 2 is 1.73 bits per heavy atom. The van der Waals surface area contributed by atoms with Gasteiger partial charge in [-0.25, -0.2) is 17.6 Å². The Morgan fingerprint density at radius 3 is 2.35 bits per heavy atom. The SMILES string of the molecule is CC(C)(C)[C@H](Nc1ccc(F)c(C(F)(F)F)c1)C(=O)N1C[C@H](OC(=O)N2Cc3cccc(Cl)c3C2)C[C@H]1C(=O)N[C@]1(C(=O)NS(=O)(=O)C2CC2)C[C@H]1C1CC1. The predicted octanol–water partition coefficient (Wildman–Crippen LogP) is 5.34. The van der Waals surface area contributed by atoms with Crippen molar-refractivity contribution in [2.45, 2.75) is 108 Å². The maximum Gasteiger partial charge on any atom is 0.419 e. The van der Waals surface area contributed by atoms with E-state index in [0.29, 0.717) is 30.0 Å². The van der Waals surface area contributed by atoms with Crippen LogP contribution in [0.4, 0.5) is 28.0 Å². The summed E-state index contributed by atoms with van der Waals surface area (Å²) in [5.41, 5.74) is -2.66. The minimum Gasteiger partial charge on any atom is -0.444 e. The number of nitrogens with zero attached hydrogens (tertiary/aromatic N) is 2. The van der Waals surface area contributed by atoms with Crippen LogP contribution in [0.1, 0.15) is 76.0 Å². The molecule has 55 heavy (non-hydrogen) atoms. The number of halogens is 5. The molecule has 2 heterocycles. The number of benzene rings is 2. The van der Waals surface area contributed by atoms with Gasteiger partial charge in [0.2, 0.25) is 21.8 Å². The highest BCUT2D eigenvalue weighted by atomic mass is 35.5. The van der Waals surface area contributed by atoms with Gasteiger partial charge in [0.25, 0.3) is 5.91 Å². The number of ether oxygens (including phenoxy) is 1. The minimum atomic E-state index is -5.01. The van der Waals surface area contributed by atoms with Crippen LogP contribution in [-0.4, -0.2) is 77.6 Å². The van der Waals surface area contributed by atoms with Crippen molar-refractivity contribution in [3.63, 3.8) is 0 Å². The molecule has 2 aromatic carbocycles. The molecular weight excluding hydrogens is 770 g/mol. The van der Waals surface area contributed by atoms with Crippen LogP contribution >= 0.6 is 11.6 Å². The van der Waals surface area contributed by atoms with Crippen LogP contribution in [0, 0.1) is 23.1 Å². The molecule has 1 saturated heterocycles. The highest BCUT2D eigenvalue weighted by Crippen LogP contribution is 2.57. The molecule has 0 spiro atoms. The summed E-state index contributed by atoms with van der Waals surface area (Å²) in [4.78, 5) is 58.6. The molecule has 5 aliphatic rings. The van der Waals surface area contributed by atoms with Crippen molar-refractivity contribution in [1.29, 1.82) is 0 Å². The molecule has 4 fully saturated rings. The van der Waals surface area contributed by atoms with E-state index in [4.69, 9.17) is 16.3 Å². The molecule has 4 amide bonds. The molecule has 298 valence electrons. The average molecular weight is 812 g/mol. The van der Waals surface area contributed by atoms with Crippen LogP contribution in [0.25, 0.3) is 0 Å². The summed E-state index contributed by atoms with van der Waals surface area (Å²) in [5.74, 6) is -4.05. The average Bonchev–Trinajstić information content (AvgIpc) is 4.01. The third-order valence-corrected chi connectivity index (χ3v) is 13.3. The van der Waals surface area contributed by atoms with Gasteiger partial charge in [0, 0.05) is 23.7 Å². The van der Waals surface area contributed by atoms with E-state index in [0.717, 1.165) is 30.0 Å². The van der Waals surface area contributed by atoms with Gasteiger partial charge in [-0.3, -0.25) is 24.0 Å². The summed E-state index contributed by atoms with van der Waals surface area (Å²) in [6.07, 6.45) is -4.30. The minimum absolute atomic E-state index is 0.106. The van der Waals surface area contributed by atoms with Crippen molar-refractivity contribution in [3.8, 4) is 0 Å². The molecule has 3 aliphatic carbocycles. The summed E-state index contributed by atoms with van der Waals surface area (Å²) >= 11 is 6.34. The fraction of sp³-hybridized carbons (Fsp3) is 0.568. The monoisotopic (exact) mass is 811 g/mol. The van der Waals surface area contributed by atoms with Gasteiger partial charge in [0.1, 0.15) is 29.5 Å². The van der Waals surface area contributed by atoms with Gasteiger partial charge in [0.15, 0.2) is 0 Å². The number of alkyl halides is 3. The van der Waals surface area contributed by atoms with Crippen LogP contribution in [0.3, 0.4) is 0 Å². The lowest BCUT2D eigenvalue weighted by molar-refractivity contribution is -0.141. The lowest BCUT2D eigenvalue weighted by atomic mass is 9.85. The van der Waals surface area contributed by atoms with E-state index in [1.54, 1.807) is 32.9 Å². The van der Waals surface area contributed by atoms with Crippen LogP contribution in [0.15, 0.2) is 36.4 Å². The van der Waals surface area contributed by atoms with Crippen molar-refractivity contribution < 1.29 is 49.9 Å². The number of sulfonamides is 1. The van der Waals surface area contributed by atoms with Crippen molar-refractivity contribution in [2.75, 3.05) is 11.9 Å². The molecular formula is C37H42ClF4N5O7S. The molecule has 3 N–H and O–H groups in total. The van der Waals surface area contributed by atoms with Gasteiger partial charge < -0.3 is 20.3 Å². The number of hydrogen-bond acceptors (Lipinski definition) is 8. The predicted molar refractivity (Wildman–Crippen MR) is 191 cm³/mol. The first kappa shape index (κ1) is 39.1. The second kappa shape index (κ2) is 13.8. The number of amides is 4. The molecule has 2 aliphatic heterocycles. The first-order valence-electron chi connectivity index (χ1n) is 18.2. The quantitative estimate of drug-likeness (QED) is 0.272. The zero-order valence-electron chi connectivity index (χ0n) is 30.3. The Balaban J connectivity index is 1.15. The lowest BCUT2D eigenvalue weighted by Crippen LogP contribution is -2.58. The number of carbonyl (C=O) groups excluding carboxylic acids is 4. The molecule has 2 aromatic rings. The van der Waals surface area contributed by atoms with E-state index in [1.807, 2.05) is 6.07 Å². The smallest absolute Gasteiger partial charge is 0.419 e. The maximum atomic E-state index is 14.6. The molecule has 18 heteroatoms. The molecule has 0 aromatic heterocycles. The summed E-state index contributed by atoms with van der Waals surface area (Å²) < 4.78 is 88.6. The molecule has 3 saturated carbocycles. The van der Waals surface area contributed by atoms with Crippen molar-refractivity contribution in [3.05, 3.63) is 63.9 Å².